The van der Waals surface area contributed by atoms with E-state index in [4.69, 9.17) is 27.6 Å². The first kappa shape index (κ1) is 10.1. The Labute approximate surface area is 85.2 Å². The van der Waals surface area contributed by atoms with E-state index in [-0.39, 0.29) is 0 Å². The maximum atomic E-state index is 6.02. The van der Waals surface area contributed by atoms with E-state index >= 15 is 0 Å². The van der Waals surface area contributed by atoms with E-state index in [2.05, 4.69) is 0 Å². The zero-order valence-corrected chi connectivity index (χ0v) is 10.3. The van der Waals surface area contributed by atoms with Crippen molar-refractivity contribution in [2.75, 3.05) is 6.61 Å². The summed E-state index contributed by atoms with van der Waals surface area (Å²) in [5, 5.41) is 0. The lowest BCUT2D eigenvalue weighted by molar-refractivity contribution is 0.333. The number of rotatable bonds is 3. The molecule has 0 radical (unpaired) electrons. The summed E-state index contributed by atoms with van der Waals surface area (Å²) >= 11 is 12.0. The molecule has 1 rings (SSSR count). The highest BCUT2D eigenvalue weighted by molar-refractivity contribution is 6.48. The maximum Gasteiger partial charge on any atom is 0.164 e. The molecule has 0 heterocycles. The Bertz CT molecular complexity index is 238. The summed E-state index contributed by atoms with van der Waals surface area (Å²) in [5.74, 6) is 0. The van der Waals surface area contributed by atoms with Gasteiger partial charge in [0.15, 0.2) is 4.33 Å². The predicted octanol–water partition coefficient (Wildman–Crippen LogP) is 1.61. The highest BCUT2D eigenvalue weighted by Gasteiger charge is 2.25. The van der Waals surface area contributed by atoms with Gasteiger partial charge >= 0.3 is 0 Å². The van der Waals surface area contributed by atoms with Crippen LogP contribution in [0.2, 0.25) is 0 Å². The molecule has 0 bridgehead atoms. The van der Waals surface area contributed by atoms with E-state index in [0.717, 1.165) is 5.56 Å². The molecule has 1 aromatic carbocycles. The molecule has 0 atom stereocenters. The van der Waals surface area contributed by atoms with Crippen LogP contribution < -0.4 is 0 Å². The second kappa shape index (κ2) is 4.28. The SMILES string of the molecule is [SiH3]OCC(Cl)(Cl)c1ccccc1. The molecule has 0 aliphatic carbocycles. The van der Waals surface area contributed by atoms with Crippen LogP contribution in [-0.2, 0) is 8.76 Å². The van der Waals surface area contributed by atoms with Gasteiger partial charge < -0.3 is 4.43 Å². The van der Waals surface area contributed by atoms with Gasteiger partial charge in [-0.15, -0.1) is 0 Å². The van der Waals surface area contributed by atoms with Gasteiger partial charge in [0.25, 0.3) is 0 Å². The zero-order valence-electron chi connectivity index (χ0n) is 6.76. The maximum absolute atomic E-state index is 6.02. The zero-order chi connectivity index (χ0) is 9.03. The lowest BCUT2D eigenvalue weighted by Crippen LogP contribution is -2.17. The predicted molar refractivity (Wildman–Crippen MR) is 55.7 cm³/mol. The second-order valence-corrected chi connectivity index (χ2v) is 4.56. The first-order valence-electron chi connectivity index (χ1n) is 3.59. The normalized spacial score (nSPS) is 11.8. The molecule has 12 heavy (non-hydrogen) atoms. The van der Waals surface area contributed by atoms with Crippen LogP contribution in [0, 0.1) is 0 Å². The number of hydrogen-bond acceptors (Lipinski definition) is 1. The number of benzene rings is 1. The van der Waals surface area contributed by atoms with E-state index in [0.29, 0.717) is 17.1 Å². The number of halogens is 2. The van der Waals surface area contributed by atoms with Crippen LogP contribution in [0.5, 0.6) is 0 Å². The fraction of sp³-hybridized carbons (Fsp3) is 0.250. The summed E-state index contributed by atoms with van der Waals surface area (Å²) < 4.78 is 4.14. The largest absolute Gasteiger partial charge is 0.425 e. The summed E-state index contributed by atoms with van der Waals surface area (Å²) in [6.07, 6.45) is 0. The first-order valence-corrected chi connectivity index (χ1v) is 5.16. The standard InChI is InChI=1S/C8H10Cl2OSi/c9-8(10,6-11-12)7-4-2-1-3-5-7/h1-5H,6H2,12H3. The van der Waals surface area contributed by atoms with Gasteiger partial charge in [-0.05, 0) is 5.56 Å². The quantitative estimate of drug-likeness (QED) is 0.556. The molecule has 0 unspecified atom stereocenters. The van der Waals surface area contributed by atoms with Crippen molar-refractivity contribution in [2.45, 2.75) is 4.33 Å². The van der Waals surface area contributed by atoms with Gasteiger partial charge in [-0.3, -0.25) is 0 Å². The van der Waals surface area contributed by atoms with Crippen molar-refractivity contribution in [1.82, 2.24) is 0 Å². The summed E-state index contributed by atoms with van der Waals surface area (Å²) in [7, 11) is 0.652. The van der Waals surface area contributed by atoms with Crippen molar-refractivity contribution in [1.29, 1.82) is 0 Å². The Hall–Kier alpha value is -0.0231. The molecule has 66 valence electrons. The van der Waals surface area contributed by atoms with Crippen LogP contribution >= 0.6 is 23.2 Å². The molecular formula is C8H10Cl2OSi. The molecule has 0 spiro atoms. The smallest absolute Gasteiger partial charge is 0.164 e. The minimum Gasteiger partial charge on any atom is -0.425 e. The topological polar surface area (TPSA) is 9.23 Å². The van der Waals surface area contributed by atoms with Crippen molar-refractivity contribution < 1.29 is 4.43 Å². The third-order valence-electron chi connectivity index (χ3n) is 1.52. The summed E-state index contributed by atoms with van der Waals surface area (Å²) in [5.41, 5.74) is 0.879. The Morgan fingerprint density at radius 1 is 1.25 bits per heavy atom. The molecule has 0 saturated heterocycles. The molecule has 0 aliphatic rings. The molecular weight excluding hydrogens is 211 g/mol. The Morgan fingerprint density at radius 2 is 1.83 bits per heavy atom. The molecule has 0 aromatic heterocycles. The van der Waals surface area contributed by atoms with Crippen LogP contribution in [0.1, 0.15) is 5.56 Å². The van der Waals surface area contributed by atoms with Crippen molar-refractivity contribution >= 4 is 33.7 Å². The lowest BCUT2D eigenvalue weighted by Gasteiger charge is -2.18. The molecule has 4 heteroatoms. The molecule has 0 N–H and O–H groups in total. The molecule has 1 nitrogen and oxygen atoms in total. The Morgan fingerprint density at radius 3 is 2.33 bits per heavy atom. The van der Waals surface area contributed by atoms with Gasteiger partial charge in [0.1, 0.15) is 10.5 Å². The van der Waals surface area contributed by atoms with Gasteiger partial charge in [-0.1, -0.05) is 53.5 Å². The average Bonchev–Trinajstić information content (AvgIpc) is 2.06. The van der Waals surface area contributed by atoms with E-state index in [1.165, 1.54) is 0 Å². The van der Waals surface area contributed by atoms with Crippen molar-refractivity contribution in [3.8, 4) is 0 Å². The summed E-state index contributed by atoms with van der Waals surface area (Å²) in [6.45, 7) is 0.354. The van der Waals surface area contributed by atoms with E-state index < -0.39 is 4.33 Å². The first-order chi connectivity index (χ1) is 5.67. The van der Waals surface area contributed by atoms with Gasteiger partial charge in [0.2, 0.25) is 0 Å². The fourth-order valence-electron chi connectivity index (χ4n) is 0.947. The number of hydrogen-bond donors (Lipinski definition) is 0. The van der Waals surface area contributed by atoms with E-state index in [1.807, 2.05) is 30.3 Å². The second-order valence-electron chi connectivity index (χ2n) is 2.50. The average molecular weight is 221 g/mol. The highest BCUT2D eigenvalue weighted by atomic mass is 35.5. The molecule has 0 amide bonds. The number of alkyl halides is 2. The van der Waals surface area contributed by atoms with Gasteiger partial charge in [-0.2, -0.15) is 0 Å². The van der Waals surface area contributed by atoms with Gasteiger partial charge in [-0.25, -0.2) is 0 Å². The van der Waals surface area contributed by atoms with Crippen LogP contribution in [0.4, 0.5) is 0 Å². The molecule has 1 aromatic rings. The highest BCUT2D eigenvalue weighted by Crippen LogP contribution is 2.33. The van der Waals surface area contributed by atoms with E-state index in [1.54, 1.807) is 0 Å². The Kier molecular flexibility index (Phi) is 3.59. The minimum absolute atomic E-state index is 0.354. The summed E-state index contributed by atoms with van der Waals surface area (Å²) in [4.78, 5) is 0. The van der Waals surface area contributed by atoms with Crippen molar-refractivity contribution in [3.63, 3.8) is 0 Å². The monoisotopic (exact) mass is 220 g/mol. The third kappa shape index (κ3) is 2.49. The van der Waals surface area contributed by atoms with Crippen LogP contribution in [0.3, 0.4) is 0 Å². The van der Waals surface area contributed by atoms with Gasteiger partial charge in [0.05, 0.1) is 6.61 Å². The minimum atomic E-state index is -0.900. The van der Waals surface area contributed by atoms with Gasteiger partial charge in [0, 0.05) is 0 Å². The van der Waals surface area contributed by atoms with Crippen molar-refractivity contribution in [2.24, 2.45) is 0 Å². The van der Waals surface area contributed by atoms with E-state index in [9.17, 15) is 0 Å². The fourth-order valence-corrected chi connectivity index (χ4v) is 2.22. The molecule has 0 fully saturated rings. The third-order valence-corrected chi connectivity index (χ3v) is 2.47. The summed E-state index contributed by atoms with van der Waals surface area (Å²) in [6, 6.07) is 9.51. The van der Waals surface area contributed by atoms with Crippen LogP contribution in [-0.4, -0.2) is 17.1 Å². The molecule has 0 saturated carbocycles. The van der Waals surface area contributed by atoms with Crippen molar-refractivity contribution in [3.05, 3.63) is 35.9 Å². The van der Waals surface area contributed by atoms with Crippen LogP contribution in [0.15, 0.2) is 30.3 Å². The lowest BCUT2D eigenvalue weighted by atomic mass is 10.1. The Balaban J connectivity index is 2.82. The van der Waals surface area contributed by atoms with Crippen LogP contribution in [0.25, 0.3) is 0 Å². The molecule has 0 aliphatic heterocycles.